The lowest BCUT2D eigenvalue weighted by Crippen LogP contribution is -2.48. The molecule has 2 saturated carbocycles. The standard InChI is InChI=1S/C24H36N4O3/c1-2-3-4-14-27-22(19-7-9-20(29)10-8-19)17-28(30)15-13-23(26-24(27)28)31-21-11-5-18(16-25)6-12-21/h13,17-21,29H,2-12,14-15H2,1H3. The Morgan fingerprint density at radius 3 is 2.61 bits per heavy atom. The van der Waals surface area contributed by atoms with Crippen molar-refractivity contribution in [3.8, 4) is 6.07 Å². The summed E-state index contributed by atoms with van der Waals surface area (Å²) in [6, 6.07) is 2.36. The van der Waals surface area contributed by atoms with Crippen LogP contribution in [0.15, 0.2) is 28.8 Å². The van der Waals surface area contributed by atoms with Crippen LogP contribution in [-0.2, 0) is 4.74 Å². The third-order valence-electron chi connectivity index (χ3n) is 7.22. The van der Waals surface area contributed by atoms with Crippen LogP contribution < -0.4 is 0 Å². The predicted octanol–water partition coefficient (Wildman–Crippen LogP) is 4.51. The Kier molecular flexibility index (Phi) is 7.00. The van der Waals surface area contributed by atoms with E-state index in [9.17, 15) is 10.3 Å². The average Bonchev–Trinajstić information content (AvgIpc) is 3.07. The molecule has 1 unspecified atom stereocenters. The molecule has 0 aromatic rings. The van der Waals surface area contributed by atoms with Crippen molar-refractivity contribution < 1.29 is 14.5 Å². The molecule has 4 rings (SSSR count). The Morgan fingerprint density at radius 2 is 1.94 bits per heavy atom. The monoisotopic (exact) mass is 428 g/mol. The summed E-state index contributed by atoms with van der Waals surface area (Å²) in [6.45, 7) is 3.30. The van der Waals surface area contributed by atoms with Crippen LogP contribution in [0.2, 0.25) is 0 Å². The van der Waals surface area contributed by atoms with Crippen molar-refractivity contribution in [3.63, 3.8) is 0 Å². The third-order valence-corrected chi connectivity index (χ3v) is 7.22. The molecule has 0 radical (unpaired) electrons. The summed E-state index contributed by atoms with van der Waals surface area (Å²) in [6.07, 6.45) is 13.8. The highest BCUT2D eigenvalue weighted by Gasteiger charge is 2.44. The number of hydrogen-bond acceptors (Lipinski definition) is 6. The second-order valence-corrected chi connectivity index (χ2v) is 9.57. The quantitative estimate of drug-likeness (QED) is 0.366. The van der Waals surface area contributed by atoms with E-state index in [0.29, 0.717) is 24.3 Å². The van der Waals surface area contributed by atoms with Gasteiger partial charge in [-0.15, -0.1) is 4.99 Å². The lowest BCUT2D eigenvalue weighted by atomic mass is 9.85. The van der Waals surface area contributed by atoms with Gasteiger partial charge in [0, 0.05) is 24.5 Å². The van der Waals surface area contributed by atoms with Crippen LogP contribution in [0.3, 0.4) is 0 Å². The minimum Gasteiger partial charge on any atom is -0.620 e. The number of hydrogen-bond donors (Lipinski definition) is 1. The molecule has 2 fully saturated rings. The highest BCUT2D eigenvalue weighted by Crippen LogP contribution is 2.40. The van der Waals surface area contributed by atoms with Crippen LogP contribution in [0.5, 0.6) is 0 Å². The third kappa shape index (κ3) is 4.97. The number of nitrogens with zero attached hydrogens (tertiary/aromatic N) is 4. The Balaban J connectivity index is 1.49. The van der Waals surface area contributed by atoms with Gasteiger partial charge in [0.25, 0.3) is 0 Å². The number of hydroxylamine groups is 3. The molecule has 0 aromatic carbocycles. The second kappa shape index (κ2) is 9.72. The van der Waals surface area contributed by atoms with Crippen LogP contribution in [-0.4, -0.2) is 45.9 Å². The van der Waals surface area contributed by atoms with Gasteiger partial charge in [-0.25, -0.2) is 0 Å². The molecule has 0 bridgehead atoms. The summed E-state index contributed by atoms with van der Waals surface area (Å²) < 4.78 is 5.65. The van der Waals surface area contributed by atoms with Gasteiger partial charge in [-0.1, -0.05) is 19.8 Å². The predicted molar refractivity (Wildman–Crippen MR) is 119 cm³/mol. The van der Waals surface area contributed by atoms with E-state index in [1.54, 1.807) is 0 Å². The second-order valence-electron chi connectivity index (χ2n) is 9.57. The van der Waals surface area contributed by atoms with E-state index >= 15 is 0 Å². The first kappa shape index (κ1) is 22.3. The molecule has 2 aliphatic heterocycles. The van der Waals surface area contributed by atoms with Crippen molar-refractivity contribution in [1.82, 2.24) is 4.90 Å². The van der Waals surface area contributed by atoms with Crippen LogP contribution in [0.1, 0.15) is 77.6 Å². The molecule has 31 heavy (non-hydrogen) atoms. The summed E-state index contributed by atoms with van der Waals surface area (Å²) in [5.74, 6) is 1.56. The summed E-state index contributed by atoms with van der Waals surface area (Å²) in [5, 5.41) is 32.7. The molecule has 2 aliphatic carbocycles. The van der Waals surface area contributed by atoms with E-state index in [-0.39, 0.29) is 18.1 Å². The molecule has 4 aliphatic rings. The molecule has 0 spiro atoms. The van der Waals surface area contributed by atoms with E-state index < -0.39 is 4.65 Å². The van der Waals surface area contributed by atoms with Crippen molar-refractivity contribution in [3.05, 3.63) is 29.1 Å². The zero-order valence-corrected chi connectivity index (χ0v) is 18.7. The molecule has 170 valence electrons. The van der Waals surface area contributed by atoms with Gasteiger partial charge in [0.2, 0.25) is 5.88 Å². The smallest absolute Gasteiger partial charge is 0.317 e. The maximum absolute atomic E-state index is 13.7. The molecule has 7 nitrogen and oxygen atoms in total. The lowest BCUT2D eigenvalue weighted by Gasteiger charge is -2.38. The van der Waals surface area contributed by atoms with E-state index in [4.69, 9.17) is 15.0 Å². The zero-order chi connectivity index (χ0) is 21.8. The normalized spacial score (nSPS) is 35.5. The van der Waals surface area contributed by atoms with E-state index in [1.807, 2.05) is 12.3 Å². The Bertz CT molecular complexity index is 770. The number of nitriles is 1. The summed E-state index contributed by atoms with van der Waals surface area (Å²) >= 11 is 0. The summed E-state index contributed by atoms with van der Waals surface area (Å²) in [7, 11) is 0. The number of quaternary nitrogens is 1. The number of aliphatic imine (C=N–C) groups is 1. The molecule has 1 atom stereocenters. The van der Waals surface area contributed by atoms with Crippen LogP contribution >= 0.6 is 0 Å². The van der Waals surface area contributed by atoms with Crippen LogP contribution in [0, 0.1) is 28.4 Å². The number of guanidine groups is 1. The molecule has 0 amide bonds. The van der Waals surface area contributed by atoms with Crippen molar-refractivity contribution in [2.75, 3.05) is 13.1 Å². The number of fused-ring (bicyclic) bond motifs is 1. The first-order chi connectivity index (χ1) is 15.0. The maximum atomic E-state index is 13.7. The molecular weight excluding hydrogens is 392 g/mol. The molecule has 0 aromatic heterocycles. The topological polar surface area (TPSA) is 91.9 Å². The Labute approximate surface area is 185 Å². The van der Waals surface area contributed by atoms with Gasteiger partial charge < -0.3 is 15.1 Å². The largest absolute Gasteiger partial charge is 0.620 e. The molecule has 1 N–H and O–H groups in total. The Morgan fingerprint density at radius 1 is 1.19 bits per heavy atom. The minimum atomic E-state index is -0.533. The van der Waals surface area contributed by atoms with E-state index in [0.717, 1.165) is 82.9 Å². The van der Waals surface area contributed by atoms with Crippen LogP contribution in [0.4, 0.5) is 0 Å². The fraction of sp³-hybridized carbons (Fsp3) is 0.750. The first-order valence-electron chi connectivity index (χ1n) is 12.1. The molecule has 2 heterocycles. The summed E-state index contributed by atoms with van der Waals surface area (Å²) in [5.41, 5.74) is 1.10. The molecular formula is C24H36N4O3. The highest BCUT2D eigenvalue weighted by atomic mass is 16.6. The number of unbranched alkanes of at least 4 members (excludes halogenated alkanes) is 2. The summed E-state index contributed by atoms with van der Waals surface area (Å²) in [4.78, 5) is 6.90. The number of rotatable bonds is 7. The SMILES string of the molecule is CCCCCN1C(C2CCC(O)CC2)=C[N+]2([O-])CC=C(OC3CCC(C#N)CC3)N=C12. The Hall–Kier alpha value is -1.88. The van der Waals surface area contributed by atoms with Crippen LogP contribution in [0.25, 0.3) is 0 Å². The van der Waals surface area contributed by atoms with Gasteiger partial charge in [-0.3, -0.25) is 9.55 Å². The van der Waals surface area contributed by atoms with Crippen molar-refractivity contribution in [1.29, 1.82) is 5.26 Å². The van der Waals surface area contributed by atoms with Crippen molar-refractivity contribution in [2.24, 2.45) is 16.8 Å². The zero-order valence-electron chi connectivity index (χ0n) is 18.7. The first-order valence-corrected chi connectivity index (χ1v) is 12.1. The lowest BCUT2D eigenvalue weighted by molar-refractivity contribution is -0.727. The van der Waals surface area contributed by atoms with Gasteiger partial charge >= 0.3 is 5.96 Å². The van der Waals surface area contributed by atoms with Crippen molar-refractivity contribution in [2.45, 2.75) is 89.8 Å². The van der Waals surface area contributed by atoms with Gasteiger partial charge in [0.15, 0.2) is 0 Å². The maximum Gasteiger partial charge on any atom is 0.317 e. The van der Waals surface area contributed by atoms with Gasteiger partial charge in [-0.05, 0) is 57.8 Å². The fourth-order valence-corrected chi connectivity index (χ4v) is 5.30. The fourth-order valence-electron chi connectivity index (χ4n) is 5.30. The number of ether oxygens (including phenoxy) is 1. The number of aliphatic hydroxyl groups is 1. The number of allylic oxidation sites excluding steroid dienone is 1. The van der Waals surface area contributed by atoms with Crippen molar-refractivity contribution >= 4 is 5.96 Å². The average molecular weight is 429 g/mol. The van der Waals surface area contributed by atoms with E-state index in [2.05, 4.69) is 17.9 Å². The van der Waals surface area contributed by atoms with Gasteiger partial charge in [0.1, 0.15) is 18.8 Å². The number of aliphatic hydroxyl groups excluding tert-OH is 1. The highest BCUT2D eigenvalue weighted by molar-refractivity contribution is 5.80. The molecule has 0 saturated heterocycles. The van der Waals surface area contributed by atoms with Gasteiger partial charge in [-0.2, -0.15) is 5.26 Å². The van der Waals surface area contributed by atoms with E-state index in [1.165, 1.54) is 0 Å². The van der Waals surface area contributed by atoms with Gasteiger partial charge in [0.05, 0.1) is 17.9 Å². The molecule has 7 heteroatoms. The minimum absolute atomic E-state index is 0.0778.